The number of hydrogen-bond donors (Lipinski definition) is 1. The number of aromatic nitrogens is 2. The molecule has 0 unspecified atom stereocenters. The van der Waals surface area contributed by atoms with Crippen LogP contribution < -0.4 is 5.32 Å². The quantitative estimate of drug-likeness (QED) is 0.867. The number of nitrogens with zero attached hydrogens (tertiary/aromatic N) is 2. The molecular formula is C19H21N3O. The molecule has 1 amide bonds. The largest absolute Gasteiger partial charge is 0.338 e. The van der Waals surface area contributed by atoms with Crippen molar-refractivity contribution in [3.05, 3.63) is 46.8 Å². The lowest BCUT2D eigenvalue weighted by atomic mass is 9.92. The van der Waals surface area contributed by atoms with Crippen LogP contribution in [0.3, 0.4) is 0 Å². The Morgan fingerprint density at radius 3 is 3.00 bits per heavy atom. The highest BCUT2D eigenvalue weighted by atomic mass is 16.1. The van der Waals surface area contributed by atoms with Crippen molar-refractivity contribution in [1.82, 2.24) is 15.1 Å². The van der Waals surface area contributed by atoms with Gasteiger partial charge in [-0.3, -0.25) is 4.79 Å². The van der Waals surface area contributed by atoms with Crippen molar-refractivity contribution in [2.45, 2.75) is 46.1 Å². The summed E-state index contributed by atoms with van der Waals surface area (Å²) in [6, 6.07) is 6.28. The molecular weight excluding hydrogens is 286 g/mol. The Kier molecular flexibility index (Phi) is 4.20. The average Bonchev–Trinajstić information content (AvgIpc) is 2.95. The number of rotatable bonds is 2. The van der Waals surface area contributed by atoms with E-state index in [-0.39, 0.29) is 11.9 Å². The first-order valence-corrected chi connectivity index (χ1v) is 7.98. The zero-order chi connectivity index (χ0) is 16.4. The van der Waals surface area contributed by atoms with Crippen LogP contribution >= 0.6 is 0 Å². The van der Waals surface area contributed by atoms with Crippen LogP contribution in [0.25, 0.3) is 5.69 Å². The summed E-state index contributed by atoms with van der Waals surface area (Å²) in [6.45, 7) is 5.91. The lowest BCUT2D eigenvalue weighted by molar-refractivity contribution is -0.116. The van der Waals surface area contributed by atoms with Crippen LogP contribution in [-0.2, 0) is 11.2 Å². The van der Waals surface area contributed by atoms with Crippen molar-refractivity contribution in [3.8, 4) is 17.5 Å². The number of carbonyl (C=O) groups excluding carboxylic acids is 1. The fourth-order valence-electron chi connectivity index (χ4n) is 3.19. The van der Waals surface area contributed by atoms with Gasteiger partial charge in [0.1, 0.15) is 0 Å². The summed E-state index contributed by atoms with van der Waals surface area (Å²) in [5.41, 5.74) is 5.92. The monoisotopic (exact) mass is 307 g/mol. The summed E-state index contributed by atoms with van der Waals surface area (Å²) in [6.07, 6.45) is 4.84. The number of aryl methyl sites for hydroxylation is 1. The van der Waals surface area contributed by atoms with E-state index in [4.69, 9.17) is 0 Å². The topological polar surface area (TPSA) is 46.9 Å². The predicted octanol–water partition coefficient (Wildman–Crippen LogP) is 3.01. The van der Waals surface area contributed by atoms with Gasteiger partial charge in [-0.1, -0.05) is 18.1 Å². The Morgan fingerprint density at radius 1 is 1.39 bits per heavy atom. The average molecular weight is 307 g/mol. The van der Waals surface area contributed by atoms with E-state index in [1.807, 2.05) is 10.9 Å². The highest BCUT2D eigenvalue weighted by Gasteiger charge is 2.26. The molecule has 0 spiro atoms. The van der Waals surface area contributed by atoms with Gasteiger partial charge in [0, 0.05) is 11.3 Å². The van der Waals surface area contributed by atoms with Gasteiger partial charge in [-0.25, -0.2) is 4.68 Å². The van der Waals surface area contributed by atoms with Gasteiger partial charge in [-0.2, -0.15) is 5.10 Å². The van der Waals surface area contributed by atoms with Crippen LogP contribution in [0, 0.1) is 25.7 Å². The highest BCUT2D eigenvalue weighted by molar-refractivity contribution is 5.93. The van der Waals surface area contributed by atoms with Crippen LogP contribution in [0.1, 0.15) is 48.2 Å². The van der Waals surface area contributed by atoms with Gasteiger partial charge in [0.2, 0.25) is 0 Å². The first-order chi connectivity index (χ1) is 11.1. The van der Waals surface area contributed by atoms with Crippen molar-refractivity contribution in [2.24, 2.45) is 0 Å². The summed E-state index contributed by atoms with van der Waals surface area (Å²) in [4.78, 5) is 11.8. The van der Waals surface area contributed by atoms with E-state index in [9.17, 15) is 4.79 Å². The molecule has 0 saturated heterocycles. The van der Waals surface area contributed by atoms with E-state index in [0.717, 1.165) is 30.5 Å². The molecule has 0 bridgehead atoms. The summed E-state index contributed by atoms with van der Waals surface area (Å²) in [5, 5.41) is 7.60. The molecule has 0 aliphatic heterocycles. The third kappa shape index (κ3) is 2.87. The minimum atomic E-state index is -0.218. The molecule has 1 aliphatic carbocycles. The normalized spacial score (nSPS) is 16.2. The van der Waals surface area contributed by atoms with E-state index in [1.54, 1.807) is 6.92 Å². The molecule has 3 rings (SSSR count). The van der Waals surface area contributed by atoms with Crippen molar-refractivity contribution < 1.29 is 4.79 Å². The van der Waals surface area contributed by atoms with Gasteiger partial charge < -0.3 is 5.32 Å². The first kappa shape index (κ1) is 15.4. The number of carbonyl (C=O) groups is 1. The van der Waals surface area contributed by atoms with Crippen molar-refractivity contribution in [1.29, 1.82) is 0 Å². The van der Waals surface area contributed by atoms with E-state index >= 15 is 0 Å². The third-order valence-electron chi connectivity index (χ3n) is 4.53. The first-order valence-electron chi connectivity index (χ1n) is 7.98. The Bertz CT molecular complexity index is 808. The fraction of sp³-hybridized carbons (Fsp3) is 0.368. The molecule has 1 aromatic carbocycles. The maximum Gasteiger partial charge on any atom is 0.296 e. The maximum absolute atomic E-state index is 11.8. The molecule has 1 aliphatic rings. The van der Waals surface area contributed by atoms with Gasteiger partial charge in [-0.05, 0) is 63.1 Å². The zero-order valence-corrected chi connectivity index (χ0v) is 13.8. The Balaban J connectivity index is 1.98. The van der Waals surface area contributed by atoms with Gasteiger partial charge in [0.15, 0.2) is 0 Å². The Morgan fingerprint density at radius 2 is 2.22 bits per heavy atom. The summed E-state index contributed by atoms with van der Waals surface area (Å²) >= 11 is 0. The summed E-state index contributed by atoms with van der Waals surface area (Å²) in [7, 11) is 0. The molecule has 0 fully saturated rings. The summed E-state index contributed by atoms with van der Waals surface area (Å²) in [5.74, 6) is 4.98. The van der Waals surface area contributed by atoms with Crippen LogP contribution in [0.15, 0.2) is 24.4 Å². The Labute approximate surface area is 136 Å². The number of fused-ring (bicyclic) bond motifs is 1. The maximum atomic E-state index is 11.8. The third-order valence-corrected chi connectivity index (χ3v) is 4.53. The molecule has 1 N–H and O–H groups in total. The standard InChI is InChI=1S/C19H21N3O/c1-4-7-19(23)21-16-9-6-11-18-15(16)12-20-22(18)17-10-5-8-13(2)14(17)3/h5,8,10,12,16H,6,9,11H2,1-3H3,(H,21,23)/t16-/m0/s1. The predicted molar refractivity (Wildman–Crippen MR) is 90.3 cm³/mol. The number of nitrogens with one attached hydrogen (secondary N) is 1. The molecule has 4 heteroatoms. The SMILES string of the molecule is CC#CC(=O)N[C@H]1CCCc2c1cnn2-c1cccc(C)c1C. The second-order valence-electron chi connectivity index (χ2n) is 5.97. The second kappa shape index (κ2) is 6.29. The molecule has 0 saturated carbocycles. The van der Waals surface area contributed by atoms with Gasteiger partial charge >= 0.3 is 0 Å². The lowest BCUT2D eigenvalue weighted by Gasteiger charge is -2.23. The zero-order valence-electron chi connectivity index (χ0n) is 13.8. The van der Waals surface area contributed by atoms with Crippen molar-refractivity contribution in [2.75, 3.05) is 0 Å². The van der Waals surface area contributed by atoms with E-state index in [2.05, 4.69) is 54.3 Å². The molecule has 4 nitrogen and oxygen atoms in total. The number of amides is 1. The lowest BCUT2D eigenvalue weighted by Crippen LogP contribution is -2.30. The molecule has 1 atom stereocenters. The molecule has 23 heavy (non-hydrogen) atoms. The summed E-state index contributed by atoms with van der Waals surface area (Å²) < 4.78 is 2.03. The van der Waals surface area contributed by atoms with E-state index < -0.39 is 0 Å². The van der Waals surface area contributed by atoms with Crippen LogP contribution in [0.2, 0.25) is 0 Å². The van der Waals surface area contributed by atoms with Crippen LogP contribution in [-0.4, -0.2) is 15.7 Å². The second-order valence-corrected chi connectivity index (χ2v) is 5.97. The molecule has 1 heterocycles. The van der Waals surface area contributed by atoms with E-state index in [0.29, 0.717) is 0 Å². The Hall–Kier alpha value is -2.54. The minimum Gasteiger partial charge on any atom is -0.338 e. The van der Waals surface area contributed by atoms with Crippen LogP contribution in [0.4, 0.5) is 0 Å². The van der Waals surface area contributed by atoms with Gasteiger partial charge in [0.25, 0.3) is 5.91 Å². The fourth-order valence-corrected chi connectivity index (χ4v) is 3.19. The van der Waals surface area contributed by atoms with Gasteiger partial charge in [-0.15, -0.1) is 0 Å². The van der Waals surface area contributed by atoms with Crippen molar-refractivity contribution in [3.63, 3.8) is 0 Å². The van der Waals surface area contributed by atoms with Crippen molar-refractivity contribution >= 4 is 5.91 Å². The molecule has 0 radical (unpaired) electrons. The molecule has 118 valence electrons. The van der Waals surface area contributed by atoms with Crippen LogP contribution in [0.5, 0.6) is 0 Å². The minimum absolute atomic E-state index is 0.00552. The smallest absolute Gasteiger partial charge is 0.296 e. The number of benzene rings is 1. The molecule has 2 aromatic rings. The number of hydrogen-bond acceptors (Lipinski definition) is 2. The molecule has 1 aromatic heterocycles. The van der Waals surface area contributed by atoms with Gasteiger partial charge in [0.05, 0.1) is 17.9 Å². The van der Waals surface area contributed by atoms with E-state index in [1.165, 1.54) is 16.8 Å². The highest BCUT2D eigenvalue weighted by Crippen LogP contribution is 2.31.